The molecule has 0 fully saturated rings. The van der Waals surface area contributed by atoms with Gasteiger partial charge in [0.2, 0.25) is 0 Å². The van der Waals surface area contributed by atoms with E-state index in [1.165, 1.54) is 0 Å². The standard InChI is InChI=1S/C13H14F2N2O/c1-9-6-10-4-2-3-5-11(10)17-12(9)16-7-13(14,15)8-18/h2-6,18H,7-8H2,1H3,(H,16,17). The van der Waals surface area contributed by atoms with E-state index in [2.05, 4.69) is 10.3 Å². The molecule has 1 heterocycles. The summed E-state index contributed by atoms with van der Waals surface area (Å²) in [5.74, 6) is -2.72. The van der Waals surface area contributed by atoms with Crippen molar-refractivity contribution in [2.24, 2.45) is 0 Å². The van der Waals surface area contributed by atoms with Crippen LogP contribution in [-0.2, 0) is 0 Å². The Bertz CT molecular complexity index is 558. The number of nitrogens with zero attached hydrogens (tertiary/aromatic N) is 1. The maximum atomic E-state index is 12.9. The van der Waals surface area contributed by atoms with Crippen molar-refractivity contribution in [2.75, 3.05) is 18.5 Å². The molecule has 0 radical (unpaired) electrons. The lowest BCUT2D eigenvalue weighted by molar-refractivity contribution is -0.0373. The molecule has 0 amide bonds. The third-order valence-corrected chi connectivity index (χ3v) is 2.66. The zero-order valence-corrected chi connectivity index (χ0v) is 9.95. The summed E-state index contributed by atoms with van der Waals surface area (Å²) in [6.45, 7) is 0.00116. The minimum Gasteiger partial charge on any atom is -0.390 e. The molecular weight excluding hydrogens is 238 g/mol. The number of pyridine rings is 1. The first-order valence-corrected chi connectivity index (χ1v) is 5.61. The van der Waals surface area contributed by atoms with Crippen LogP contribution in [0.2, 0.25) is 0 Å². The van der Waals surface area contributed by atoms with Gasteiger partial charge in [-0.25, -0.2) is 13.8 Å². The number of aliphatic hydroxyl groups is 1. The first-order chi connectivity index (χ1) is 8.52. The van der Waals surface area contributed by atoms with Gasteiger partial charge in [-0.3, -0.25) is 0 Å². The van der Waals surface area contributed by atoms with E-state index in [9.17, 15) is 8.78 Å². The molecule has 0 spiro atoms. The van der Waals surface area contributed by atoms with Gasteiger partial charge in [-0.05, 0) is 24.6 Å². The highest BCUT2D eigenvalue weighted by molar-refractivity contribution is 5.81. The summed E-state index contributed by atoms with van der Waals surface area (Å²) in [5.41, 5.74) is 1.54. The number of para-hydroxylation sites is 1. The number of hydrogen-bond acceptors (Lipinski definition) is 3. The maximum Gasteiger partial charge on any atom is 0.287 e. The van der Waals surface area contributed by atoms with Gasteiger partial charge in [0.25, 0.3) is 5.92 Å². The van der Waals surface area contributed by atoms with Gasteiger partial charge in [0.15, 0.2) is 0 Å². The van der Waals surface area contributed by atoms with Gasteiger partial charge < -0.3 is 10.4 Å². The summed E-state index contributed by atoms with van der Waals surface area (Å²) in [7, 11) is 0. The Morgan fingerprint density at radius 3 is 2.78 bits per heavy atom. The molecular formula is C13H14F2N2O. The molecule has 0 bridgehead atoms. The van der Waals surface area contributed by atoms with Crippen LogP contribution in [0.4, 0.5) is 14.6 Å². The first kappa shape index (κ1) is 12.7. The first-order valence-electron chi connectivity index (χ1n) is 5.61. The largest absolute Gasteiger partial charge is 0.390 e. The topological polar surface area (TPSA) is 45.2 Å². The van der Waals surface area contributed by atoms with E-state index >= 15 is 0 Å². The fourth-order valence-electron chi connectivity index (χ4n) is 1.67. The number of aliphatic hydroxyl groups excluding tert-OH is 1. The summed E-state index contributed by atoms with van der Waals surface area (Å²) < 4.78 is 25.9. The second-order valence-corrected chi connectivity index (χ2v) is 4.21. The van der Waals surface area contributed by atoms with E-state index < -0.39 is 19.1 Å². The van der Waals surface area contributed by atoms with Gasteiger partial charge in [0.05, 0.1) is 12.1 Å². The smallest absolute Gasteiger partial charge is 0.287 e. The molecule has 0 atom stereocenters. The van der Waals surface area contributed by atoms with Crippen LogP contribution in [0.25, 0.3) is 10.9 Å². The molecule has 0 unspecified atom stereocenters. The molecule has 96 valence electrons. The summed E-state index contributed by atoms with van der Waals surface area (Å²) in [5, 5.41) is 12.0. The molecule has 3 nitrogen and oxygen atoms in total. The minimum atomic E-state index is -3.14. The lowest BCUT2D eigenvalue weighted by Gasteiger charge is -2.16. The molecule has 0 aliphatic rings. The van der Waals surface area contributed by atoms with Crippen LogP contribution in [0.15, 0.2) is 30.3 Å². The van der Waals surface area contributed by atoms with Gasteiger partial charge in [-0.2, -0.15) is 0 Å². The molecule has 2 rings (SSSR count). The predicted octanol–water partition coefficient (Wildman–Crippen LogP) is 2.58. The fraction of sp³-hybridized carbons (Fsp3) is 0.308. The number of aryl methyl sites for hydroxylation is 1. The second-order valence-electron chi connectivity index (χ2n) is 4.21. The van der Waals surface area contributed by atoms with Gasteiger partial charge in [0.1, 0.15) is 12.4 Å². The van der Waals surface area contributed by atoms with Crippen molar-refractivity contribution in [3.8, 4) is 0 Å². The fourth-order valence-corrected chi connectivity index (χ4v) is 1.67. The van der Waals surface area contributed by atoms with E-state index in [4.69, 9.17) is 5.11 Å². The van der Waals surface area contributed by atoms with Crippen molar-refractivity contribution in [3.63, 3.8) is 0 Å². The van der Waals surface area contributed by atoms with Crippen molar-refractivity contribution in [1.82, 2.24) is 4.98 Å². The van der Waals surface area contributed by atoms with Crippen molar-refractivity contribution in [3.05, 3.63) is 35.9 Å². The monoisotopic (exact) mass is 252 g/mol. The van der Waals surface area contributed by atoms with Crippen molar-refractivity contribution in [1.29, 1.82) is 0 Å². The van der Waals surface area contributed by atoms with E-state index in [0.29, 0.717) is 5.82 Å². The Morgan fingerprint density at radius 2 is 2.06 bits per heavy atom. The zero-order valence-electron chi connectivity index (χ0n) is 9.95. The number of alkyl halides is 2. The van der Waals surface area contributed by atoms with Crippen LogP contribution in [0.5, 0.6) is 0 Å². The second kappa shape index (κ2) is 4.86. The molecule has 2 aromatic rings. The maximum absolute atomic E-state index is 12.9. The van der Waals surface area contributed by atoms with Crippen LogP contribution in [-0.4, -0.2) is 29.2 Å². The molecule has 1 aromatic heterocycles. The molecule has 1 aromatic carbocycles. The number of halogens is 2. The van der Waals surface area contributed by atoms with Crippen molar-refractivity contribution in [2.45, 2.75) is 12.8 Å². The summed E-state index contributed by atoms with van der Waals surface area (Å²) >= 11 is 0. The number of hydrogen-bond donors (Lipinski definition) is 2. The van der Waals surface area contributed by atoms with Gasteiger partial charge in [-0.15, -0.1) is 0 Å². The molecule has 2 N–H and O–H groups in total. The van der Waals surface area contributed by atoms with Gasteiger partial charge >= 0.3 is 0 Å². The number of anilines is 1. The predicted molar refractivity (Wildman–Crippen MR) is 67.0 cm³/mol. The minimum absolute atomic E-state index is 0.418. The highest BCUT2D eigenvalue weighted by Gasteiger charge is 2.27. The Hall–Kier alpha value is -1.75. The third kappa shape index (κ3) is 2.73. The highest BCUT2D eigenvalue weighted by Crippen LogP contribution is 2.21. The Labute approximate surface area is 103 Å². The average Bonchev–Trinajstić information content (AvgIpc) is 2.36. The molecule has 0 saturated heterocycles. The Morgan fingerprint density at radius 1 is 1.33 bits per heavy atom. The van der Waals surface area contributed by atoms with Gasteiger partial charge in [0, 0.05) is 5.39 Å². The van der Waals surface area contributed by atoms with Crippen LogP contribution in [0, 0.1) is 6.92 Å². The van der Waals surface area contributed by atoms with Crippen molar-refractivity contribution >= 4 is 16.7 Å². The lowest BCUT2D eigenvalue weighted by atomic mass is 10.1. The Balaban J connectivity index is 2.25. The zero-order chi connectivity index (χ0) is 13.2. The number of nitrogens with one attached hydrogen (secondary N) is 1. The molecule has 0 saturated carbocycles. The average molecular weight is 252 g/mol. The molecule has 5 heteroatoms. The van der Waals surface area contributed by atoms with E-state index in [-0.39, 0.29) is 0 Å². The number of aromatic nitrogens is 1. The summed E-state index contributed by atoms with van der Waals surface area (Å²) in [6.07, 6.45) is 0. The van der Waals surface area contributed by atoms with Crippen LogP contribution in [0.1, 0.15) is 5.56 Å². The number of benzene rings is 1. The molecule has 0 aliphatic heterocycles. The highest BCUT2D eigenvalue weighted by atomic mass is 19.3. The Kier molecular flexibility index (Phi) is 3.43. The van der Waals surface area contributed by atoms with E-state index in [0.717, 1.165) is 16.5 Å². The van der Waals surface area contributed by atoms with E-state index in [1.54, 1.807) is 6.92 Å². The van der Waals surface area contributed by atoms with Gasteiger partial charge in [-0.1, -0.05) is 18.2 Å². The molecule has 18 heavy (non-hydrogen) atoms. The number of fused-ring (bicyclic) bond motifs is 1. The SMILES string of the molecule is Cc1cc2ccccc2nc1NCC(F)(F)CO. The lowest BCUT2D eigenvalue weighted by Crippen LogP contribution is -2.31. The van der Waals surface area contributed by atoms with Crippen molar-refractivity contribution < 1.29 is 13.9 Å². The van der Waals surface area contributed by atoms with E-state index in [1.807, 2.05) is 30.3 Å². The summed E-state index contributed by atoms with van der Waals surface area (Å²) in [4.78, 5) is 4.29. The molecule has 0 aliphatic carbocycles. The van der Waals surface area contributed by atoms with Crippen LogP contribution < -0.4 is 5.32 Å². The quantitative estimate of drug-likeness (QED) is 0.879. The van der Waals surface area contributed by atoms with Crippen LogP contribution in [0.3, 0.4) is 0 Å². The summed E-state index contributed by atoms with van der Waals surface area (Å²) in [6, 6.07) is 9.38. The van der Waals surface area contributed by atoms with Crippen LogP contribution >= 0.6 is 0 Å². The number of rotatable bonds is 4. The third-order valence-electron chi connectivity index (χ3n) is 2.66. The normalized spacial score (nSPS) is 11.8.